The van der Waals surface area contributed by atoms with Gasteiger partial charge in [0.15, 0.2) is 0 Å². The van der Waals surface area contributed by atoms with Gasteiger partial charge in [-0.2, -0.15) is 0 Å². The summed E-state index contributed by atoms with van der Waals surface area (Å²) in [6.07, 6.45) is 3.46. The van der Waals surface area contributed by atoms with Crippen LogP contribution in [0, 0.1) is 0 Å². The van der Waals surface area contributed by atoms with Crippen molar-refractivity contribution in [2.24, 2.45) is 0 Å². The van der Waals surface area contributed by atoms with Crippen molar-refractivity contribution in [2.75, 3.05) is 30.9 Å². The summed E-state index contributed by atoms with van der Waals surface area (Å²) < 4.78 is 4.73. The standard InChI is InChI=1S/C14H20N2O3/c1-19-14(18)12-9-11(5-6-13(12)15)16(7-8-17)10-3-2-4-10/h5-6,9-10,17H,2-4,7-8,15H2,1H3. The second kappa shape index (κ2) is 5.93. The van der Waals surface area contributed by atoms with Gasteiger partial charge in [-0.3, -0.25) is 0 Å². The number of aliphatic hydroxyl groups excluding tert-OH is 1. The van der Waals surface area contributed by atoms with Gasteiger partial charge in [-0.15, -0.1) is 0 Å². The average molecular weight is 264 g/mol. The molecule has 1 fully saturated rings. The van der Waals surface area contributed by atoms with Gasteiger partial charge in [-0.05, 0) is 37.5 Å². The minimum atomic E-state index is -0.433. The van der Waals surface area contributed by atoms with Crippen LogP contribution < -0.4 is 10.6 Å². The van der Waals surface area contributed by atoms with Gasteiger partial charge in [0.2, 0.25) is 0 Å². The van der Waals surface area contributed by atoms with Gasteiger partial charge in [0.05, 0.1) is 19.3 Å². The van der Waals surface area contributed by atoms with Crippen LogP contribution in [0.4, 0.5) is 11.4 Å². The number of nitrogen functional groups attached to an aromatic ring is 1. The fourth-order valence-electron chi connectivity index (χ4n) is 2.34. The van der Waals surface area contributed by atoms with Gasteiger partial charge in [0.25, 0.3) is 0 Å². The minimum absolute atomic E-state index is 0.0917. The number of esters is 1. The van der Waals surface area contributed by atoms with Crippen molar-refractivity contribution >= 4 is 17.3 Å². The molecule has 1 saturated carbocycles. The lowest BCUT2D eigenvalue weighted by molar-refractivity contribution is 0.0602. The molecular formula is C14H20N2O3. The predicted octanol–water partition coefficient (Wildman–Crippen LogP) is 1.41. The molecule has 0 bridgehead atoms. The van der Waals surface area contributed by atoms with Crippen LogP contribution in [0.1, 0.15) is 29.6 Å². The molecule has 1 aromatic rings. The van der Waals surface area contributed by atoms with Gasteiger partial charge in [0, 0.05) is 24.0 Å². The molecule has 3 N–H and O–H groups in total. The summed E-state index contributed by atoms with van der Waals surface area (Å²) in [4.78, 5) is 13.8. The van der Waals surface area contributed by atoms with E-state index in [4.69, 9.17) is 10.5 Å². The first-order valence-corrected chi connectivity index (χ1v) is 6.52. The van der Waals surface area contributed by atoms with Crippen LogP contribution in [-0.2, 0) is 4.74 Å². The largest absolute Gasteiger partial charge is 0.465 e. The van der Waals surface area contributed by atoms with Gasteiger partial charge >= 0.3 is 5.97 Å². The number of aliphatic hydroxyl groups is 1. The first-order chi connectivity index (χ1) is 9.17. The second-order valence-electron chi connectivity index (χ2n) is 4.76. The van der Waals surface area contributed by atoms with Crippen LogP contribution in [0.25, 0.3) is 0 Å². The van der Waals surface area contributed by atoms with Crippen LogP contribution >= 0.6 is 0 Å². The topological polar surface area (TPSA) is 75.8 Å². The molecule has 0 radical (unpaired) electrons. The molecule has 5 nitrogen and oxygen atoms in total. The van der Waals surface area contributed by atoms with E-state index in [0.29, 0.717) is 23.8 Å². The molecule has 2 rings (SSSR count). The maximum Gasteiger partial charge on any atom is 0.340 e. The fourth-order valence-corrected chi connectivity index (χ4v) is 2.34. The Morgan fingerprint density at radius 1 is 1.53 bits per heavy atom. The summed E-state index contributed by atoms with van der Waals surface area (Å²) in [5.41, 5.74) is 7.49. The molecule has 5 heteroatoms. The Labute approximate surface area is 113 Å². The van der Waals surface area contributed by atoms with Crippen LogP contribution in [0.2, 0.25) is 0 Å². The highest BCUT2D eigenvalue weighted by molar-refractivity contribution is 5.96. The smallest absolute Gasteiger partial charge is 0.340 e. The summed E-state index contributed by atoms with van der Waals surface area (Å²) in [5, 5.41) is 9.19. The normalized spacial score (nSPS) is 14.8. The third kappa shape index (κ3) is 2.81. The molecule has 0 spiro atoms. The average Bonchev–Trinajstić information content (AvgIpc) is 2.36. The van der Waals surface area contributed by atoms with Gasteiger partial charge in [-0.1, -0.05) is 0 Å². The monoisotopic (exact) mass is 264 g/mol. The highest BCUT2D eigenvalue weighted by atomic mass is 16.5. The maximum absolute atomic E-state index is 11.7. The highest BCUT2D eigenvalue weighted by Gasteiger charge is 2.25. The van der Waals surface area contributed by atoms with Crippen LogP contribution in [0.3, 0.4) is 0 Å². The van der Waals surface area contributed by atoms with E-state index < -0.39 is 5.97 Å². The lowest BCUT2D eigenvalue weighted by Crippen LogP contribution is -2.42. The molecule has 0 aromatic heterocycles. The van der Waals surface area contributed by atoms with E-state index in [1.807, 2.05) is 6.07 Å². The number of carbonyl (C=O) groups is 1. The Morgan fingerprint density at radius 3 is 2.79 bits per heavy atom. The molecule has 0 unspecified atom stereocenters. The minimum Gasteiger partial charge on any atom is -0.465 e. The molecule has 0 atom stereocenters. The number of nitrogens with two attached hydrogens (primary N) is 1. The van der Waals surface area contributed by atoms with Crippen LogP contribution in [-0.4, -0.2) is 37.4 Å². The van der Waals surface area contributed by atoms with E-state index in [2.05, 4.69) is 4.90 Å². The third-order valence-electron chi connectivity index (χ3n) is 3.63. The number of methoxy groups -OCH3 is 1. The number of anilines is 2. The molecule has 0 amide bonds. The Morgan fingerprint density at radius 2 is 2.26 bits per heavy atom. The van der Waals surface area contributed by atoms with Crippen LogP contribution in [0.5, 0.6) is 0 Å². The van der Waals surface area contributed by atoms with Gasteiger partial charge in [-0.25, -0.2) is 4.79 Å². The zero-order valence-electron chi connectivity index (χ0n) is 11.1. The first kappa shape index (κ1) is 13.7. The van der Waals surface area contributed by atoms with E-state index in [-0.39, 0.29) is 6.61 Å². The van der Waals surface area contributed by atoms with Crippen molar-refractivity contribution in [3.63, 3.8) is 0 Å². The van der Waals surface area contributed by atoms with Crippen molar-refractivity contribution in [3.05, 3.63) is 23.8 Å². The second-order valence-corrected chi connectivity index (χ2v) is 4.76. The molecule has 1 aromatic carbocycles. The summed E-state index contributed by atoms with van der Waals surface area (Å²) in [6, 6.07) is 5.79. The molecule has 1 aliphatic rings. The lowest BCUT2D eigenvalue weighted by atomic mass is 9.91. The van der Waals surface area contributed by atoms with Crippen LogP contribution in [0.15, 0.2) is 18.2 Å². The summed E-state index contributed by atoms with van der Waals surface area (Å²) in [5.74, 6) is -0.433. The number of hydrogen-bond acceptors (Lipinski definition) is 5. The zero-order chi connectivity index (χ0) is 13.8. The predicted molar refractivity (Wildman–Crippen MR) is 74.3 cm³/mol. The van der Waals surface area contributed by atoms with E-state index in [1.54, 1.807) is 12.1 Å². The Bertz CT molecular complexity index is 458. The number of rotatable bonds is 5. The maximum atomic E-state index is 11.7. The summed E-state index contributed by atoms with van der Waals surface area (Å²) in [6.45, 7) is 0.656. The van der Waals surface area contributed by atoms with E-state index in [9.17, 15) is 9.90 Å². The number of carbonyl (C=O) groups excluding carboxylic acids is 1. The molecule has 0 aliphatic heterocycles. The van der Waals surface area contributed by atoms with Crippen molar-refractivity contribution in [1.29, 1.82) is 0 Å². The SMILES string of the molecule is COC(=O)c1cc(N(CCO)C2CCC2)ccc1N. The molecular weight excluding hydrogens is 244 g/mol. The lowest BCUT2D eigenvalue weighted by Gasteiger charge is -2.39. The zero-order valence-corrected chi connectivity index (χ0v) is 11.1. The highest BCUT2D eigenvalue weighted by Crippen LogP contribution is 2.31. The number of nitrogens with zero attached hydrogens (tertiary/aromatic N) is 1. The Balaban J connectivity index is 2.29. The van der Waals surface area contributed by atoms with Gasteiger partial charge in [0.1, 0.15) is 0 Å². The number of benzene rings is 1. The van der Waals surface area contributed by atoms with E-state index >= 15 is 0 Å². The quantitative estimate of drug-likeness (QED) is 0.621. The Kier molecular flexibility index (Phi) is 4.27. The molecule has 0 saturated heterocycles. The molecule has 104 valence electrons. The van der Waals surface area contributed by atoms with Crippen molar-refractivity contribution in [3.8, 4) is 0 Å². The first-order valence-electron chi connectivity index (χ1n) is 6.52. The van der Waals surface area contributed by atoms with E-state index in [1.165, 1.54) is 13.5 Å². The molecule has 1 aliphatic carbocycles. The Hall–Kier alpha value is -1.75. The van der Waals surface area contributed by atoms with Crippen molar-refractivity contribution < 1.29 is 14.6 Å². The summed E-state index contributed by atoms with van der Waals surface area (Å²) in [7, 11) is 1.34. The van der Waals surface area contributed by atoms with E-state index in [0.717, 1.165) is 18.5 Å². The number of hydrogen-bond donors (Lipinski definition) is 2. The fraction of sp³-hybridized carbons (Fsp3) is 0.500. The summed E-state index contributed by atoms with van der Waals surface area (Å²) >= 11 is 0. The van der Waals surface area contributed by atoms with Gasteiger partial charge < -0.3 is 20.5 Å². The molecule has 19 heavy (non-hydrogen) atoms. The van der Waals surface area contributed by atoms with Crippen molar-refractivity contribution in [2.45, 2.75) is 25.3 Å². The molecule has 0 heterocycles. The van der Waals surface area contributed by atoms with Crippen molar-refractivity contribution in [1.82, 2.24) is 0 Å². The number of ether oxygens (including phenoxy) is 1. The third-order valence-corrected chi connectivity index (χ3v) is 3.63.